The maximum atomic E-state index is 14.5. The van der Waals surface area contributed by atoms with Gasteiger partial charge in [0.1, 0.15) is 5.52 Å². The van der Waals surface area contributed by atoms with E-state index >= 15 is 0 Å². The molecule has 1 aromatic heterocycles. The lowest BCUT2D eigenvalue weighted by Crippen LogP contribution is -2.05. The van der Waals surface area contributed by atoms with Crippen LogP contribution in [-0.2, 0) is 6.54 Å². The second kappa shape index (κ2) is 6.18. The third kappa shape index (κ3) is 2.93. The molecule has 0 amide bonds. The summed E-state index contributed by atoms with van der Waals surface area (Å²) in [6, 6.07) is 11.1. The number of halogens is 2. The average molecular weight is 332 g/mol. The highest BCUT2D eigenvalue weighted by atomic mass is 35.5. The van der Waals surface area contributed by atoms with Crippen molar-refractivity contribution >= 4 is 33.9 Å². The second-order valence-electron chi connectivity index (χ2n) is 4.86. The molecule has 2 aromatic carbocycles. The fourth-order valence-electron chi connectivity index (χ4n) is 2.32. The van der Waals surface area contributed by atoms with E-state index in [9.17, 15) is 14.5 Å². The third-order valence-electron chi connectivity index (χ3n) is 3.46. The molecular formula is C16H11ClFN3O2. The quantitative estimate of drug-likeness (QED) is 0.562. The molecule has 0 aliphatic heterocycles. The molecule has 0 unspecified atom stereocenters. The van der Waals surface area contributed by atoms with Crippen molar-refractivity contribution in [2.24, 2.45) is 0 Å². The Hall–Kier alpha value is -2.73. The number of benzene rings is 2. The van der Waals surface area contributed by atoms with Crippen LogP contribution in [0.2, 0.25) is 5.02 Å². The maximum Gasteiger partial charge on any atom is 0.274 e. The van der Waals surface area contributed by atoms with Gasteiger partial charge in [-0.3, -0.25) is 15.1 Å². The van der Waals surface area contributed by atoms with E-state index < -0.39 is 10.7 Å². The molecule has 0 fully saturated rings. The predicted molar refractivity (Wildman–Crippen MR) is 87.1 cm³/mol. The van der Waals surface area contributed by atoms with E-state index in [0.717, 1.165) is 0 Å². The van der Waals surface area contributed by atoms with Gasteiger partial charge in [0.2, 0.25) is 0 Å². The molecule has 3 aromatic rings. The lowest BCUT2D eigenvalue weighted by Gasteiger charge is -2.10. The maximum absolute atomic E-state index is 14.5. The Labute approximate surface area is 135 Å². The van der Waals surface area contributed by atoms with Gasteiger partial charge in [0.25, 0.3) is 5.69 Å². The minimum absolute atomic E-state index is 0.0117. The summed E-state index contributed by atoms with van der Waals surface area (Å²) in [4.78, 5) is 14.5. The van der Waals surface area contributed by atoms with Crippen LogP contribution < -0.4 is 5.32 Å². The van der Waals surface area contributed by atoms with Gasteiger partial charge in [-0.05, 0) is 18.2 Å². The van der Waals surface area contributed by atoms with Crippen molar-refractivity contribution in [2.75, 3.05) is 5.32 Å². The van der Waals surface area contributed by atoms with E-state index in [1.54, 1.807) is 36.4 Å². The standard InChI is InChI=1S/C16H11ClFN3O2/c17-12-7-8-19-16-11(12)5-6-13(15(16)18)20-9-10-3-1-2-4-14(10)21(22)23/h1-8,20H,9H2. The van der Waals surface area contributed by atoms with E-state index in [0.29, 0.717) is 16.0 Å². The Morgan fingerprint density at radius 3 is 2.78 bits per heavy atom. The van der Waals surface area contributed by atoms with Crippen molar-refractivity contribution < 1.29 is 9.31 Å². The Kier molecular flexibility index (Phi) is 4.08. The number of nitrogens with zero attached hydrogens (tertiary/aromatic N) is 2. The number of nitrogens with one attached hydrogen (secondary N) is 1. The number of pyridine rings is 1. The van der Waals surface area contributed by atoms with Gasteiger partial charge in [-0.2, -0.15) is 0 Å². The number of hydrogen-bond acceptors (Lipinski definition) is 4. The van der Waals surface area contributed by atoms with E-state index in [1.807, 2.05) is 0 Å². The first-order chi connectivity index (χ1) is 11.1. The smallest absolute Gasteiger partial charge is 0.274 e. The molecule has 23 heavy (non-hydrogen) atoms. The van der Waals surface area contributed by atoms with Crippen LogP contribution in [0, 0.1) is 15.9 Å². The van der Waals surface area contributed by atoms with Gasteiger partial charge in [0.15, 0.2) is 5.82 Å². The molecule has 1 heterocycles. The van der Waals surface area contributed by atoms with E-state index in [1.165, 1.54) is 12.3 Å². The van der Waals surface area contributed by atoms with Gasteiger partial charge in [-0.15, -0.1) is 0 Å². The number of anilines is 1. The Bertz CT molecular complexity index is 902. The molecule has 1 N–H and O–H groups in total. The van der Waals surface area contributed by atoms with Gasteiger partial charge >= 0.3 is 0 Å². The summed E-state index contributed by atoms with van der Waals surface area (Å²) >= 11 is 6.01. The van der Waals surface area contributed by atoms with Crippen LogP contribution >= 0.6 is 11.6 Å². The highest BCUT2D eigenvalue weighted by molar-refractivity contribution is 6.35. The Balaban J connectivity index is 1.91. The van der Waals surface area contributed by atoms with Gasteiger partial charge in [-0.25, -0.2) is 4.39 Å². The number of nitro benzene ring substituents is 1. The number of rotatable bonds is 4. The molecule has 5 nitrogen and oxygen atoms in total. The summed E-state index contributed by atoms with van der Waals surface area (Å²) in [5.41, 5.74) is 0.828. The SMILES string of the molecule is O=[N+]([O-])c1ccccc1CNc1ccc2c(Cl)ccnc2c1F. The van der Waals surface area contributed by atoms with Gasteiger partial charge in [0, 0.05) is 29.8 Å². The predicted octanol–water partition coefficient (Wildman–Crippen LogP) is 4.55. The first-order valence-electron chi connectivity index (χ1n) is 6.77. The molecule has 3 rings (SSSR count). The highest BCUT2D eigenvalue weighted by Gasteiger charge is 2.14. The molecule has 0 aliphatic carbocycles. The number of fused-ring (bicyclic) bond motifs is 1. The number of nitro groups is 1. The first kappa shape index (κ1) is 15.2. The van der Waals surface area contributed by atoms with Crippen LogP contribution in [0.25, 0.3) is 10.9 Å². The number of para-hydroxylation sites is 1. The topological polar surface area (TPSA) is 68.1 Å². The molecule has 0 spiro atoms. The van der Waals surface area contributed by atoms with E-state index in [4.69, 9.17) is 11.6 Å². The molecule has 0 saturated heterocycles. The molecule has 0 saturated carbocycles. The van der Waals surface area contributed by atoms with Crippen LogP contribution in [0.5, 0.6) is 0 Å². The molecule has 0 aliphatic rings. The second-order valence-corrected chi connectivity index (χ2v) is 5.26. The zero-order valence-corrected chi connectivity index (χ0v) is 12.5. The minimum atomic E-state index is -0.538. The monoisotopic (exact) mass is 331 g/mol. The molecule has 116 valence electrons. The van der Waals surface area contributed by atoms with Crippen molar-refractivity contribution in [1.29, 1.82) is 0 Å². The molecule has 7 heteroatoms. The van der Waals surface area contributed by atoms with Crippen molar-refractivity contribution in [3.8, 4) is 0 Å². The molecule has 0 atom stereocenters. The first-order valence-corrected chi connectivity index (χ1v) is 7.14. The fraction of sp³-hybridized carbons (Fsp3) is 0.0625. The largest absolute Gasteiger partial charge is 0.378 e. The summed E-state index contributed by atoms with van der Waals surface area (Å²) in [5.74, 6) is -0.538. The van der Waals surface area contributed by atoms with Crippen LogP contribution in [-0.4, -0.2) is 9.91 Å². The van der Waals surface area contributed by atoms with Crippen molar-refractivity contribution in [2.45, 2.75) is 6.54 Å². The Morgan fingerprint density at radius 1 is 1.22 bits per heavy atom. The van der Waals surface area contributed by atoms with Crippen molar-refractivity contribution in [1.82, 2.24) is 4.98 Å². The van der Waals surface area contributed by atoms with Gasteiger partial charge < -0.3 is 5.32 Å². The summed E-state index contributed by atoms with van der Waals surface area (Å²) < 4.78 is 14.5. The summed E-state index contributed by atoms with van der Waals surface area (Å²) in [7, 11) is 0. The van der Waals surface area contributed by atoms with E-state index in [-0.39, 0.29) is 23.4 Å². The summed E-state index contributed by atoms with van der Waals surface area (Å²) in [5, 5.41) is 14.8. The molecule has 0 radical (unpaired) electrons. The summed E-state index contributed by atoms with van der Waals surface area (Å²) in [6.07, 6.45) is 1.43. The van der Waals surface area contributed by atoms with Crippen LogP contribution in [0.1, 0.15) is 5.56 Å². The zero-order valence-electron chi connectivity index (χ0n) is 11.8. The normalized spacial score (nSPS) is 10.7. The van der Waals surface area contributed by atoms with Crippen LogP contribution in [0.3, 0.4) is 0 Å². The molecule has 0 bridgehead atoms. The van der Waals surface area contributed by atoms with E-state index in [2.05, 4.69) is 10.3 Å². The number of hydrogen-bond donors (Lipinski definition) is 1. The fourth-order valence-corrected chi connectivity index (χ4v) is 2.52. The number of aromatic nitrogens is 1. The van der Waals surface area contributed by atoms with Crippen LogP contribution in [0.15, 0.2) is 48.7 Å². The summed E-state index contributed by atoms with van der Waals surface area (Å²) in [6.45, 7) is 0.125. The van der Waals surface area contributed by atoms with Gasteiger partial charge in [-0.1, -0.05) is 29.8 Å². The minimum Gasteiger partial charge on any atom is -0.378 e. The average Bonchev–Trinajstić information content (AvgIpc) is 2.55. The lowest BCUT2D eigenvalue weighted by molar-refractivity contribution is -0.385. The van der Waals surface area contributed by atoms with Crippen LogP contribution in [0.4, 0.5) is 15.8 Å². The van der Waals surface area contributed by atoms with Gasteiger partial charge in [0.05, 0.1) is 15.6 Å². The highest BCUT2D eigenvalue weighted by Crippen LogP contribution is 2.28. The third-order valence-corrected chi connectivity index (χ3v) is 3.79. The Morgan fingerprint density at radius 2 is 2.00 bits per heavy atom. The lowest BCUT2D eigenvalue weighted by atomic mass is 10.1. The zero-order chi connectivity index (χ0) is 16.4. The molecular weight excluding hydrogens is 321 g/mol. The van der Waals surface area contributed by atoms with Crippen molar-refractivity contribution in [3.05, 3.63) is 75.2 Å². The van der Waals surface area contributed by atoms with Crippen molar-refractivity contribution in [3.63, 3.8) is 0 Å².